The lowest BCUT2D eigenvalue weighted by atomic mass is 9.95. The number of allylic oxidation sites excluding steroid dienone is 1. The van der Waals surface area contributed by atoms with Gasteiger partial charge in [0, 0.05) is 55.2 Å². The maximum atomic E-state index is 13.2. The highest BCUT2D eigenvalue weighted by Crippen LogP contribution is 2.34. The molecule has 4 rings (SSSR count). The van der Waals surface area contributed by atoms with Crippen LogP contribution in [0.4, 0.5) is 19.0 Å². The van der Waals surface area contributed by atoms with Crippen molar-refractivity contribution >= 4 is 23.9 Å². The molecule has 4 unspecified atom stereocenters. The average Bonchev–Trinajstić information content (AvgIpc) is 3.19. The summed E-state index contributed by atoms with van der Waals surface area (Å²) in [6, 6.07) is 5.39. The summed E-state index contributed by atoms with van der Waals surface area (Å²) in [5.74, 6) is 0.699. The number of halogens is 3. The van der Waals surface area contributed by atoms with Gasteiger partial charge in [0.15, 0.2) is 5.70 Å². The molecule has 8 nitrogen and oxygen atoms in total. The summed E-state index contributed by atoms with van der Waals surface area (Å²) in [6.07, 6.45) is 1.53. The number of nitrogens with one attached hydrogen (secondary N) is 3. The summed E-state index contributed by atoms with van der Waals surface area (Å²) >= 11 is 0. The second-order valence-corrected chi connectivity index (χ2v) is 7.97. The van der Waals surface area contributed by atoms with E-state index >= 15 is 0 Å². The quantitative estimate of drug-likeness (QED) is 0.529. The minimum atomic E-state index is -4.53. The summed E-state index contributed by atoms with van der Waals surface area (Å²) in [6.45, 7) is 4.74. The first kappa shape index (κ1) is 21.9. The Labute approximate surface area is 183 Å². The van der Waals surface area contributed by atoms with E-state index in [-0.39, 0.29) is 18.1 Å². The zero-order valence-electron chi connectivity index (χ0n) is 17.6. The smallest absolute Gasteiger partial charge is 0.404 e. The monoisotopic (exact) mass is 446 g/mol. The molecule has 0 bridgehead atoms. The SMILES string of the molecule is CC1CN(c2cccc(C3=CNC4C=NC(C(F)(F)F)=CN34)n2)C(C)C(/C(C=N)=C/N)N1. The molecule has 0 aromatic carbocycles. The molecule has 0 amide bonds. The van der Waals surface area contributed by atoms with Gasteiger partial charge in [-0.15, -0.1) is 0 Å². The number of aliphatic imine (C=N–C) groups is 1. The lowest BCUT2D eigenvalue weighted by Gasteiger charge is -2.44. The third-order valence-corrected chi connectivity index (χ3v) is 5.79. The van der Waals surface area contributed by atoms with Gasteiger partial charge < -0.3 is 31.6 Å². The van der Waals surface area contributed by atoms with Gasteiger partial charge in [-0.2, -0.15) is 13.2 Å². The fourth-order valence-corrected chi connectivity index (χ4v) is 4.19. The molecule has 32 heavy (non-hydrogen) atoms. The molecule has 3 aliphatic rings. The van der Waals surface area contributed by atoms with Crippen LogP contribution in [0.5, 0.6) is 0 Å². The van der Waals surface area contributed by atoms with Crippen LogP contribution < -0.4 is 21.3 Å². The Balaban J connectivity index is 1.64. The Kier molecular flexibility index (Phi) is 5.68. The van der Waals surface area contributed by atoms with Crippen molar-refractivity contribution in [1.29, 1.82) is 5.41 Å². The minimum Gasteiger partial charge on any atom is -0.404 e. The standard InChI is InChI=1S/C21H25F3N8/c1-12-10-31(13(2)20(29-12)14(6-25)7-26)18-5-3-4-15(30-18)16-8-28-19-9-27-17(11-32(16)19)21(22,23)24/h3-9,11-13,19-20,25,28-29H,10,26H2,1-2H3/b14-7+,25-6?. The van der Waals surface area contributed by atoms with E-state index in [1.54, 1.807) is 12.3 Å². The topological polar surface area (TPSA) is 106 Å². The number of hydrogen-bond donors (Lipinski definition) is 4. The molecule has 1 fully saturated rings. The molecule has 1 aromatic heterocycles. The zero-order chi connectivity index (χ0) is 23.0. The Morgan fingerprint density at radius 1 is 1.31 bits per heavy atom. The van der Waals surface area contributed by atoms with Crippen molar-refractivity contribution in [2.24, 2.45) is 10.7 Å². The van der Waals surface area contributed by atoms with E-state index in [1.165, 1.54) is 23.5 Å². The van der Waals surface area contributed by atoms with Crippen molar-refractivity contribution in [2.45, 2.75) is 44.3 Å². The number of rotatable bonds is 4. The van der Waals surface area contributed by atoms with Crippen molar-refractivity contribution < 1.29 is 13.2 Å². The highest BCUT2D eigenvalue weighted by atomic mass is 19.4. The lowest BCUT2D eigenvalue weighted by molar-refractivity contribution is -0.0935. The number of hydrogen-bond acceptors (Lipinski definition) is 8. The Morgan fingerprint density at radius 3 is 2.78 bits per heavy atom. The van der Waals surface area contributed by atoms with E-state index in [4.69, 9.17) is 16.1 Å². The van der Waals surface area contributed by atoms with Crippen LogP contribution in [0.3, 0.4) is 0 Å². The second kappa shape index (κ2) is 8.30. The van der Waals surface area contributed by atoms with Gasteiger partial charge in [0.05, 0.1) is 17.4 Å². The van der Waals surface area contributed by atoms with Gasteiger partial charge in [-0.05, 0) is 26.0 Å². The number of anilines is 1. The first-order valence-electron chi connectivity index (χ1n) is 10.2. The molecule has 3 aliphatic heterocycles. The Bertz CT molecular complexity index is 1010. The van der Waals surface area contributed by atoms with E-state index < -0.39 is 18.0 Å². The first-order valence-corrected chi connectivity index (χ1v) is 10.2. The summed E-state index contributed by atoms with van der Waals surface area (Å²) in [5, 5.41) is 14.1. The summed E-state index contributed by atoms with van der Waals surface area (Å²) in [7, 11) is 0. The van der Waals surface area contributed by atoms with E-state index in [1.807, 2.05) is 26.0 Å². The summed E-state index contributed by atoms with van der Waals surface area (Å²) < 4.78 is 39.5. The van der Waals surface area contributed by atoms with Gasteiger partial charge in [0.1, 0.15) is 12.0 Å². The van der Waals surface area contributed by atoms with Gasteiger partial charge in [0.25, 0.3) is 0 Å². The summed E-state index contributed by atoms with van der Waals surface area (Å²) in [5.41, 5.74) is 6.50. The number of nitrogens with zero attached hydrogens (tertiary/aromatic N) is 4. The Morgan fingerprint density at radius 2 is 2.09 bits per heavy atom. The maximum absolute atomic E-state index is 13.2. The van der Waals surface area contributed by atoms with Crippen LogP contribution in [-0.4, -0.2) is 59.3 Å². The largest absolute Gasteiger partial charge is 0.434 e. The molecule has 170 valence electrons. The fourth-order valence-electron chi connectivity index (χ4n) is 4.19. The van der Waals surface area contributed by atoms with Crippen LogP contribution in [0.15, 0.2) is 53.1 Å². The molecule has 4 atom stereocenters. The van der Waals surface area contributed by atoms with E-state index in [9.17, 15) is 13.2 Å². The number of alkyl halides is 3. The highest BCUT2D eigenvalue weighted by molar-refractivity contribution is 5.78. The van der Waals surface area contributed by atoms with Gasteiger partial charge in [0.2, 0.25) is 0 Å². The van der Waals surface area contributed by atoms with Crippen LogP contribution in [0.1, 0.15) is 19.5 Å². The van der Waals surface area contributed by atoms with E-state index in [0.717, 1.165) is 6.20 Å². The van der Waals surface area contributed by atoms with Gasteiger partial charge in [-0.3, -0.25) is 4.99 Å². The second-order valence-electron chi connectivity index (χ2n) is 7.97. The number of aromatic nitrogens is 1. The van der Waals surface area contributed by atoms with E-state index in [0.29, 0.717) is 29.3 Å². The predicted octanol–water partition coefficient (Wildman–Crippen LogP) is 2.15. The first-order chi connectivity index (χ1) is 15.2. The zero-order valence-corrected chi connectivity index (χ0v) is 17.6. The number of pyridine rings is 1. The van der Waals surface area contributed by atoms with Crippen molar-refractivity contribution in [2.75, 3.05) is 11.4 Å². The maximum Gasteiger partial charge on any atom is 0.434 e. The molecule has 11 heteroatoms. The average molecular weight is 446 g/mol. The van der Waals surface area contributed by atoms with Gasteiger partial charge in [-0.25, -0.2) is 4.98 Å². The third-order valence-electron chi connectivity index (χ3n) is 5.79. The summed E-state index contributed by atoms with van der Waals surface area (Å²) in [4.78, 5) is 11.9. The van der Waals surface area contributed by atoms with Crippen molar-refractivity contribution in [3.05, 3.63) is 53.8 Å². The van der Waals surface area contributed by atoms with Gasteiger partial charge in [-0.1, -0.05) is 6.07 Å². The number of fused-ring (bicyclic) bond motifs is 1. The van der Waals surface area contributed by atoms with Crippen molar-refractivity contribution in [1.82, 2.24) is 20.5 Å². The van der Waals surface area contributed by atoms with Gasteiger partial charge >= 0.3 is 6.18 Å². The van der Waals surface area contributed by atoms with Crippen LogP contribution >= 0.6 is 0 Å². The predicted molar refractivity (Wildman–Crippen MR) is 118 cm³/mol. The van der Waals surface area contributed by atoms with Crippen molar-refractivity contribution in [3.8, 4) is 0 Å². The molecule has 5 N–H and O–H groups in total. The third kappa shape index (κ3) is 3.95. The lowest BCUT2D eigenvalue weighted by Crippen LogP contribution is -2.61. The number of nitrogens with two attached hydrogens (primary N) is 1. The molecule has 0 saturated carbocycles. The van der Waals surface area contributed by atoms with E-state index in [2.05, 4.69) is 20.5 Å². The molecule has 0 spiro atoms. The number of piperazine rings is 1. The highest BCUT2D eigenvalue weighted by Gasteiger charge is 2.39. The minimum absolute atomic E-state index is 0.0485. The fraction of sp³-hybridized carbons (Fsp3) is 0.381. The molecule has 1 aromatic rings. The molecule has 0 radical (unpaired) electrons. The van der Waals surface area contributed by atoms with Crippen LogP contribution in [0.25, 0.3) is 5.70 Å². The van der Waals surface area contributed by atoms with Crippen LogP contribution in [-0.2, 0) is 0 Å². The van der Waals surface area contributed by atoms with Crippen LogP contribution in [0, 0.1) is 5.41 Å². The van der Waals surface area contributed by atoms with Crippen molar-refractivity contribution in [3.63, 3.8) is 0 Å². The Hall–Kier alpha value is -3.34. The molecular formula is C21H25F3N8. The molecule has 1 saturated heterocycles. The normalized spacial score (nSPS) is 28.1. The molecule has 4 heterocycles. The van der Waals surface area contributed by atoms with Crippen LogP contribution in [0.2, 0.25) is 0 Å². The molecular weight excluding hydrogens is 421 g/mol. The molecule has 0 aliphatic carbocycles.